The third kappa shape index (κ3) is 19.9. The van der Waals surface area contributed by atoms with Crippen molar-refractivity contribution < 1.29 is 13.3 Å². The second kappa shape index (κ2) is 38.8. The lowest BCUT2D eigenvalue weighted by molar-refractivity contribution is 0.546. The Morgan fingerprint density at radius 2 is 0.465 bits per heavy atom. The van der Waals surface area contributed by atoms with E-state index in [0.29, 0.717) is 0 Å². The van der Waals surface area contributed by atoms with E-state index < -0.39 is 0 Å². The van der Waals surface area contributed by atoms with Crippen molar-refractivity contribution in [3.8, 4) is 112 Å². The minimum Gasteiger partial charge on any atom is -0.456 e. The zero-order valence-electron chi connectivity index (χ0n) is 82.6. The van der Waals surface area contributed by atoms with E-state index in [1.54, 1.807) is 0 Å². The lowest BCUT2D eigenvalue weighted by atomic mass is 9.88. The molecule has 0 atom stereocenters. The maximum absolute atomic E-state index is 6.17. The summed E-state index contributed by atoms with van der Waals surface area (Å²) in [6.45, 7) is 32.4. The minimum absolute atomic E-state index is 0.0395. The van der Waals surface area contributed by atoms with Crippen LogP contribution in [0, 0.1) is 0 Å². The first-order valence-electron chi connectivity index (χ1n) is 48.4. The number of thiophene rings is 1. The molecule has 14 heteroatoms. The molecular weight excluding hydrogens is 1760 g/mol. The van der Waals surface area contributed by atoms with Gasteiger partial charge in [0.2, 0.25) is 0 Å². The van der Waals surface area contributed by atoms with Crippen molar-refractivity contribution in [3.63, 3.8) is 0 Å². The van der Waals surface area contributed by atoms with E-state index in [1.165, 1.54) is 31.3 Å². The van der Waals surface area contributed by atoms with E-state index in [0.717, 1.165) is 207 Å². The highest BCUT2D eigenvalue weighted by Gasteiger charge is 2.29. The zero-order valence-corrected chi connectivity index (χ0v) is 83.4. The van der Waals surface area contributed by atoms with Gasteiger partial charge < -0.3 is 13.3 Å². The summed E-state index contributed by atoms with van der Waals surface area (Å²) in [5.74, 6) is 3.35. The highest BCUT2D eigenvalue weighted by molar-refractivity contribution is 7.25. The Kier molecular flexibility index (Phi) is 25.4. The number of rotatable bonds is 10. The smallest absolute Gasteiger partial charge is 0.136 e. The molecule has 0 aliphatic heterocycles. The van der Waals surface area contributed by atoms with E-state index in [-0.39, 0.29) is 27.1 Å². The normalized spacial score (nSPS) is 11.9. The molecule has 0 spiro atoms. The van der Waals surface area contributed by atoms with Gasteiger partial charge in [-0.1, -0.05) is 407 Å². The number of benzene rings is 15. The highest BCUT2D eigenvalue weighted by atomic mass is 32.1. The Labute approximate surface area is 832 Å². The second-order valence-electron chi connectivity index (χ2n) is 41.1. The maximum Gasteiger partial charge on any atom is 0.136 e. The first-order chi connectivity index (χ1) is 68.5. The molecule has 24 aromatic rings. The fraction of sp³-hybridized carbons (Fsp3) is 0.156. The Morgan fingerprint density at radius 3 is 0.859 bits per heavy atom. The summed E-state index contributed by atoms with van der Waals surface area (Å²) in [6, 6.07) is 135. The number of fused-ring (bicyclic) bond motifs is 13. The van der Waals surface area contributed by atoms with Gasteiger partial charge in [0.1, 0.15) is 56.8 Å². The lowest BCUT2D eigenvalue weighted by Crippen LogP contribution is -2.17. The van der Waals surface area contributed by atoms with Gasteiger partial charge in [-0.15, -0.1) is 11.3 Å². The largest absolute Gasteiger partial charge is 0.456 e. The zero-order chi connectivity index (χ0) is 98.2. The number of hydrogen-bond donors (Lipinski definition) is 0. The van der Waals surface area contributed by atoms with Crippen molar-refractivity contribution in [2.45, 2.75) is 131 Å². The van der Waals surface area contributed by atoms with Gasteiger partial charge in [-0.05, 0) is 102 Å². The molecule has 0 N–H and O–H groups in total. The van der Waals surface area contributed by atoms with Crippen molar-refractivity contribution in [2.24, 2.45) is 0 Å². The van der Waals surface area contributed by atoms with Crippen LogP contribution in [0.3, 0.4) is 0 Å². The molecular formula is C128H110N10O3S. The average molecular weight is 1870 g/mol. The second-order valence-corrected chi connectivity index (χ2v) is 42.1. The monoisotopic (exact) mass is 1870 g/mol. The average Bonchev–Trinajstić information content (AvgIpc) is 1.50. The van der Waals surface area contributed by atoms with Gasteiger partial charge in [-0.2, -0.15) is 0 Å². The molecule has 9 heterocycles. The molecule has 696 valence electrons. The molecule has 0 bridgehead atoms. The van der Waals surface area contributed by atoms with Gasteiger partial charge in [0.05, 0.1) is 68.0 Å². The van der Waals surface area contributed by atoms with Gasteiger partial charge in [0.15, 0.2) is 0 Å². The molecule has 0 saturated carbocycles. The fourth-order valence-electron chi connectivity index (χ4n) is 17.8. The van der Waals surface area contributed by atoms with Crippen molar-refractivity contribution in [1.29, 1.82) is 0 Å². The molecule has 13 nitrogen and oxygen atoms in total. The van der Waals surface area contributed by atoms with Crippen LogP contribution < -0.4 is 0 Å². The van der Waals surface area contributed by atoms with E-state index in [9.17, 15) is 0 Å². The Morgan fingerprint density at radius 1 is 0.183 bits per heavy atom. The van der Waals surface area contributed by atoms with Crippen LogP contribution in [-0.2, 0) is 27.1 Å². The summed E-state index contributed by atoms with van der Waals surface area (Å²) in [5.41, 5.74) is 28.2. The molecule has 0 saturated heterocycles. The summed E-state index contributed by atoms with van der Waals surface area (Å²) in [7, 11) is 0. The predicted molar refractivity (Wildman–Crippen MR) is 590 cm³/mol. The SMILES string of the molecule is CC(C)(C)c1nc(-c2cccc3oc4ccccc4c23)cc(-c2cccc3oc4ccccc4c23)n1.CC(C)(C)c1nc(-c2ccccc2)cc(-c2ccc3c(c2)sc2ccccc23)n1.CC(C)(C)c1nc(-c2ccccc2)cc(-c2cccc(-c3ccccc3)c2)n1.CC(C)(C)c1nc(-c2ccccc2)cc(-c2cccc3oc4ccccc4c23)n1.CC(C)(C)c1nc2ccccc2nc1-c1ccccc1. The number of para-hydroxylation sites is 5. The van der Waals surface area contributed by atoms with Crippen LogP contribution in [0.2, 0.25) is 0 Å². The van der Waals surface area contributed by atoms with Crippen LogP contribution in [0.15, 0.2) is 408 Å². The van der Waals surface area contributed by atoms with Crippen molar-refractivity contribution in [1.82, 2.24) is 49.8 Å². The van der Waals surface area contributed by atoms with E-state index in [2.05, 4.69) is 316 Å². The van der Waals surface area contributed by atoms with E-state index in [1.807, 2.05) is 193 Å². The summed E-state index contributed by atoms with van der Waals surface area (Å²) < 4.78 is 21.0. The van der Waals surface area contributed by atoms with E-state index in [4.69, 9.17) is 63.1 Å². The topological polar surface area (TPSA) is 168 Å². The third-order valence-corrected chi connectivity index (χ3v) is 26.2. The van der Waals surface area contributed by atoms with Gasteiger partial charge in [-0.25, -0.2) is 49.8 Å². The van der Waals surface area contributed by atoms with Gasteiger partial charge in [0.25, 0.3) is 0 Å². The Balaban J connectivity index is 0.000000110. The van der Waals surface area contributed by atoms with Crippen molar-refractivity contribution >= 4 is 108 Å². The van der Waals surface area contributed by atoms with Gasteiger partial charge in [0, 0.05) is 130 Å². The number of furan rings is 3. The Bertz CT molecular complexity index is 8610. The van der Waals surface area contributed by atoms with Crippen LogP contribution in [0.5, 0.6) is 0 Å². The summed E-state index contributed by atoms with van der Waals surface area (Å²) >= 11 is 1.84. The first-order valence-corrected chi connectivity index (χ1v) is 49.2. The van der Waals surface area contributed by atoms with Gasteiger partial charge in [-0.3, -0.25) is 0 Å². The molecule has 142 heavy (non-hydrogen) atoms. The number of aromatic nitrogens is 10. The molecule has 24 rings (SSSR count). The molecule has 15 aromatic carbocycles. The maximum atomic E-state index is 6.17. The summed E-state index contributed by atoms with van der Waals surface area (Å²) in [4.78, 5) is 49.4. The fourth-order valence-corrected chi connectivity index (χ4v) is 18.9. The van der Waals surface area contributed by atoms with Crippen LogP contribution >= 0.6 is 11.3 Å². The number of nitrogens with zero attached hydrogens (tertiary/aromatic N) is 10. The van der Waals surface area contributed by atoms with Gasteiger partial charge >= 0.3 is 0 Å². The summed E-state index contributed by atoms with van der Waals surface area (Å²) in [5, 5.41) is 9.15. The predicted octanol–water partition coefficient (Wildman–Crippen LogP) is 34.8. The molecule has 0 unspecified atom stereocenters. The molecule has 0 amide bonds. The third-order valence-electron chi connectivity index (χ3n) is 25.1. The lowest BCUT2D eigenvalue weighted by Gasteiger charge is -2.21. The molecule has 0 radical (unpaired) electrons. The molecule has 0 aliphatic rings. The van der Waals surface area contributed by atoms with Crippen LogP contribution in [0.1, 0.15) is 133 Å². The summed E-state index contributed by atoms with van der Waals surface area (Å²) in [6.07, 6.45) is 0. The van der Waals surface area contributed by atoms with Crippen LogP contribution in [0.4, 0.5) is 0 Å². The van der Waals surface area contributed by atoms with Crippen molar-refractivity contribution in [3.05, 3.63) is 423 Å². The molecule has 0 fully saturated rings. The Hall–Kier alpha value is -16.4. The first kappa shape index (κ1) is 93.2. The molecule has 0 aliphatic carbocycles. The highest BCUT2D eigenvalue weighted by Crippen LogP contribution is 2.45. The van der Waals surface area contributed by atoms with E-state index >= 15 is 0 Å². The molecule has 9 aromatic heterocycles. The van der Waals surface area contributed by atoms with Crippen molar-refractivity contribution in [2.75, 3.05) is 0 Å². The number of hydrogen-bond acceptors (Lipinski definition) is 14. The van der Waals surface area contributed by atoms with Crippen LogP contribution in [-0.4, -0.2) is 49.8 Å². The quantitative estimate of drug-likeness (QED) is 0.127. The standard InChI is InChI=1S/C32H24N2O2.C26H22N2O.C26H22N2S.C26H24N2.C18H18N2/c1-32(2,3)31-33-23(19-12-8-16-27-29(19)21-10-4-6-14-25(21)35-27)18-24(34-31)20-13-9-17-28-30(20)22-11-5-7-15-26(22)36-28;1-26(2,3)25-27-20(17-10-5-4-6-11-17)16-21(28-25)18-13-9-15-23-24(18)19-12-7-8-14-22(19)29-23;1-26(2,3)25-27-21(17-9-5-4-6-10-17)16-22(28-25)18-13-14-20-19-11-7-8-12-23(19)29-24(20)15-18;1-26(2,3)25-27-23(20-13-8-5-9-14-20)18-24(28-25)22-16-10-15-21(17-22)19-11-6-4-7-12-19;1-18(2,3)17-16(13-9-5-4-6-10-13)19-14-11-7-8-12-15(14)20-17/h4-18H,1-3H3;2*4-16H,1-3H3;4-18H,1-3H3;4-12H,1-3H3. The minimum atomic E-state index is -0.233. The van der Waals surface area contributed by atoms with Crippen LogP contribution in [0.25, 0.3) is 209 Å².